The zero-order valence-corrected chi connectivity index (χ0v) is 13.2. The molecule has 0 aliphatic heterocycles. The Bertz CT molecular complexity index is 624. The number of nitrogens with one attached hydrogen (secondary N) is 1. The van der Waals surface area contributed by atoms with E-state index in [1.807, 2.05) is 13.1 Å². The summed E-state index contributed by atoms with van der Waals surface area (Å²) in [6.45, 7) is 5.05. The van der Waals surface area contributed by atoms with E-state index in [2.05, 4.69) is 47.6 Å². The fraction of sp³-hybridized carbons (Fsp3) is 0.438. The number of aryl methyl sites for hydroxylation is 2. The second kappa shape index (κ2) is 7.70. The molecule has 6 heteroatoms. The minimum atomic E-state index is -0.123. The lowest BCUT2D eigenvalue weighted by Crippen LogP contribution is -2.31. The largest absolute Gasteiger partial charge is 0.364 e. The SMILES string of the molecule is Cc1cccc(C(C)CNC(=O)COCc2nncn2C)c1. The molecule has 0 spiro atoms. The number of hydrogen-bond donors (Lipinski definition) is 1. The van der Waals surface area contributed by atoms with Crippen LogP contribution in [0.15, 0.2) is 30.6 Å². The van der Waals surface area contributed by atoms with Gasteiger partial charge in [0.1, 0.15) is 19.5 Å². The van der Waals surface area contributed by atoms with Crippen molar-refractivity contribution >= 4 is 5.91 Å². The van der Waals surface area contributed by atoms with Crippen LogP contribution in [0.5, 0.6) is 0 Å². The Morgan fingerprint density at radius 3 is 2.95 bits per heavy atom. The summed E-state index contributed by atoms with van der Waals surface area (Å²) < 4.78 is 7.10. The molecule has 0 aliphatic rings. The number of nitrogens with zero attached hydrogens (tertiary/aromatic N) is 3. The summed E-state index contributed by atoms with van der Waals surface area (Å²) >= 11 is 0. The number of aromatic nitrogens is 3. The smallest absolute Gasteiger partial charge is 0.246 e. The van der Waals surface area contributed by atoms with Crippen LogP contribution in [0, 0.1) is 6.92 Å². The molecule has 0 bridgehead atoms. The topological polar surface area (TPSA) is 69.0 Å². The number of carbonyl (C=O) groups is 1. The molecule has 1 heterocycles. The van der Waals surface area contributed by atoms with Gasteiger partial charge in [0.25, 0.3) is 0 Å². The summed E-state index contributed by atoms with van der Waals surface area (Å²) in [6, 6.07) is 8.32. The van der Waals surface area contributed by atoms with Gasteiger partial charge in [0.2, 0.25) is 5.91 Å². The molecule has 0 radical (unpaired) electrons. The van der Waals surface area contributed by atoms with E-state index in [1.165, 1.54) is 11.1 Å². The van der Waals surface area contributed by atoms with Crippen molar-refractivity contribution < 1.29 is 9.53 Å². The molecule has 1 N–H and O–H groups in total. The van der Waals surface area contributed by atoms with Crippen molar-refractivity contribution in [3.05, 3.63) is 47.5 Å². The molecule has 1 amide bonds. The highest BCUT2D eigenvalue weighted by Gasteiger charge is 2.09. The van der Waals surface area contributed by atoms with Crippen LogP contribution in [0.1, 0.15) is 29.8 Å². The number of amides is 1. The van der Waals surface area contributed by atoms with E-state index in [1.54, 1.807) is 10.9 Å². The van der Waals surface area contributed by atoms with Gasteiger partial charge in [0, 0.05) is 13.6 Å². The van der Waals surface area contributed by atoms with Crippen LogP contribution in [0.25, 0.3) is 0 Å². The molecule has 0 saturated carbocycles. The molecule has 0 fully saturated rings. The Morgan fingerprint density at radius 2 is 2.27 bits per heavy atom. The van der Waals surface area contributed by atoms with Gasteiger partial charge in [0.15, 0.2) is 5.82 Å². The summed E-state index contributed by atoms with van der Waals surface area (Å²) in [6.07, 6.45) is 1.60. The van der Waals surface area contributed by atoms with Gasteiger partial charge in [-0.3, -0.25) is 4.79 Å². The van der Waals surface area contributed by atoms with Gasteiger partial charge in [-0.1, -0.05) is 36.8 Å². The van der Waals surface area contributed by atoms with Crippen LogP contribution in [0.2, 0.25) is 0 Å². The second-order valence-electron chi connectivity index (χ2n) is 5.47. The highest BCUT2D eigenvalue weighted by Crippen LogP contribution is 2.15. The fourth-order valence-electron chi connectivity index (χ4n) is 2.09. The average molecular weight is 302 g/mol. The molecule has 0 aliphatic carbocycles. The first-order valence-corrected chi connectivity index (χ1v) is 7.30. The van der Waals surface area contributed by atoms with Crippen molar-refractivity contribution in [1.29, 1.82) is 0 Å². The van der Waals surface area contributed by atoms with E-state index in [4.69, 9.17) is 4.74 Å². The highest BCUT2D eigenvalue weighted by molar-refractivity contribution is 5.77. The number of benzene rings is 1. The van der Waals surface area contributed by atoms with Crippen LogP contribution in [0.4, 0.5) is 0 Å². The molecule has 1 aromatic heterocycles. The lowest BCUT2D eigenvalue weighted by Gasteiger charge is -2.13. The first-order chi connectivity index (χ1) is 10.6. The number of hydrogen-bond acceptors (Lipinski definition) is 4. The standard InChI is InChI=1S/C16H22N4O2/c1-12-5-4-6-14(7-12)13(2)8-17-16(21)10-22-9-15-19-18-11-20(15)3/h4-7,11,13H,8-10H2,1-3H3,(H,17,21). The summed E-state index contributed by atoms with van der Waals surface area (Å²) in [5, 5.41) is 10.5. The van der Waals surface area contributed by atoms with Crippen LogP contribution in [-0.2, 0) is 23.2 Å². The van der Waals surface area contributed by atoms with Crippen molar-refractivity contribution in [2.45, 2.75) is 26.4 Å². The van der Waals surface area contributed by atoms with E-state index in [9.17, 15) is 4.79 Å². The van der Waals surface area contributed by atoms with Gasteiger partial charge in [-0.2, -0.15) is 0 Å². The predicted molar refractivity (Wildman–Crippen MR) is 83.3 cm³/mol. The van der Waals surface area contributed by atoms with Gasteiger partial charge in [-0.05, 0) is 18.4 Å². The number of rotatable bonds is 7. The third-order valence-corrected chi connectivity index (χ3v) is 3.49. The summed E-state index contributed by atoms with van der Waals surface area (Å²) in [5.41, 5.74) is 2.45. The fourth-order valence-corrected chi connectivity index (χ4v) is 2.09. The maximum Gasteiger partial charge on any atom is 0.246 e. The third kappa shape index (κ3) is 4.66. The van der Waals surface area contributed by atoms with Crippen molar-refractivity contribution in [3.8, 4) is 0 Å². The van der Waals surface area contributed by atoms with Crippen LogP contribution >= 0.6 is 0 Å². The van der Waals surface area contributed by atoms with E-state index in [-0.39, 0.29) is 25.0 Å². The minimum absolute atomic E-state index is 0.0212. The highest BCUT2D eigenvalue weighted by atomic mass is 16.5. The summed E-state index contributed by atoms with van der Waals surface area (Å²) in [7, 11) is 1.84. The van der Waals surface area contributed by atoms with Gasteiger partial charge in [0.05, 0.1) is 0 Å². The molecule has 118 valence electrons. The molecule has 0 saturated heterocycles. The maximum atomic E-state index is 11.8. The summed E-state index contributed by atoms with van der Waals surface area (Å²) in [4.78, 5) is 11.8. The normalized spacial score (nSPS) is 12.1. The summed E-state index contributed by atoms with van der Waals surface area (Å²) in [5.74, 6) is 0.838. The lowest BCUT2D eigenvalue weighted by atomic mass is 9.99. The van der Waals surface area contributed by atoms with Gasteiger partial charge in [-0.15, -0.1) is 10.2 Å². The first kappa shape index (κ1) is 16.2. The Balaban J connectivity index is 1.70. The molecular formula is C16H22N4O2. The van der Waals surface area contributed by atoms with Crippen molar-refractivity contribution in [1.82, 2.24) is 20.1 Å². The lowest BCUT2D eigenvalue weighted by molar-refractivity contribution is -0.126. The van der Waals surface area contributed by atoms with Crippen LogP contribution < -0.4 is 5.32 Å². The van der Waals surface area contributed by atoms with Crippen molar-refractivity contribution in [2.24, 2.45) is 7.05 Å². The number of ether oxygens (including phenoxy) is 1. The molecule has 6 nitrogen and oxygen atoms in total. The Kier molecular flexibility index (Phi) is 5.66. The van der Waals surface area contributed by atoms with Gasteiger partial charge in [-0.25, -0.2) is 0 Å². The predicted octanol–water partition coefficient (Wildman–Crippen LogP) is 1.56. The van der Waals surface area contributed by atoms with Gasteiger partial charge < -0.3 is 14.6 Å². The molecule has 2 aromatic rings. The molecule has 22 heavy (non-hydrogen) atoms. The average Bonchev–Trinajstić information content (AvgIpc) is 2.90. The second-order valence-corrected chi connectivity index (χ2v) is 5.47. The molecule has 1 atom stereocenters. The van der Waals surface area contributed by atoms with Crippen molar-refractivity contribution in [2.75, 3.05) is 13.2 Å². The van der Waals surface area contributed by atoms with E-state index in [0.29, 0.717) is 12.4 Å². The van der Waals surface area contributed by atoms with Crippen LogP contribution in [-0.4, -0.2) is 33.8 Å². The number of carbonyl (C=O) groups excluding carboxylic acids is 1. The van der Waals surface area contributed by atoms with E-state index >= 15 is 0 Å². The minimum Gasteiger partial charge on any atom is -0.364 e. The zero-order valence-electron chi connectivity index (χ0n) is 13.2. The van der Waals surface area contributed by atoms with Crippen molar-refractivity contribution in [3.63, 3.8) is 0 Å². The molecule has 1 unspecified atom stereocenters. The third-order valence-electron chi connectivity index (χ3n) is 3.49. The quantitative estimate of drug-likeness (QED) is 0.842. The van der Waals surface area contributed by atoms with Gasteiger partial charge >= 0.3 is 0 Å². The molecule has 1 aromatic carbocycles. The Morgan fingerprint density at radius 1 is 1.45 bits per heavy atom. The Labute approximate surface area is 130 Å². The zero-order chi connectivity index (χ0) is 15.9. The molecule has 2 rings (SSSR count). The Hall–Kier alpha value is -2.21. The van der Waals surface area contributed by atoms with Crippen LogP contribution in [0.3, 0.4) is 0 Å². The van der Waals surface area contributed by atoms with E-state index in [0.717, 1.165) is 0 Å². The molecular weight excluding hydrogens is 280 g/mol. The van der Waals surface area contributed by atoms with E-state index < -0.39 is 0 Å². The maximum absolute atomic E-state index is 11.8. The first-order valence-electron chi connectivity index (χ1n) is 7.30. The monoisotopic (exact) mass is 302 g/mol.